The molecule has 0 bridgehead atoms. The number of rotatable bonds is 2. The van der Waals surface area contributed by atoms with Crippen molar-refractivity contribution in [1.82, 2.24) is 9.38 Å². The molecule has 16 heavy (non-hydrogen) atoms. The van der Waals surface area contributed by atoms with E-state index in [2.05, 4.69) is 9.72 Å². The van der Waals surface area contributed by atoms with E-state index in [4.69, 9.17) is 0 Å². The first-order valence-corrected chi connectivity index (χ1v) is 4.39. The number of imidazole rings is 1. The van der Waals surface area contributed by atoms with Crippen molar-refractivity contribution in [2.75, 3.05) is 0 Å². The molecule has 0 saturated carbocycles. The van der Waals surface area contributed by atoms with Crippen molar-refractivity contribution >= 4 is 17.4 Å². The number of pyridine rings is 1. The molecule has 82 valence electrons. The number of fused-ring (bicyclic) bond motifs is 1. The summed E-state index contributed by atoms with van der Waals surface area (Å²) in [6.45, 7) is 1.16. The molecule has 0 aromatic carbocycles. The summed E-state index contributed by atoms with van der Waals surface area (Å²) in [7, 11) is 0. The van der Waals surface area contributed by atoms with E-state index in [1.54, 1.807) is 18.2 Å². The molecule has 0 N–H and O–H groups in total. The van der Waals surface area contributed by atoms with Crippen LogP contribution in [0.25, 0.3) is 5.65 Å². The fraction of sp³-hybridized carbons (Fsp3) is 0.111. The van der Waals surface area contributed by atoms with Gasteiger partial charge in [-0.15, -0.1) is 0 Å². The Morgan fingerprint density at radius 1 is 1.56 bits per heavy atom. The van der Waals surface area contributed by atoms with E-state index in [9.17, 15) is 14.9 Å². The first kappa shape index (κ1) is 10.1. The molecule has 0 unspecified atom stereocenters. The lowest BCUT2D eigenvalue weighted by Crippen LogP contribution is -2.04. The Kier molecular flexibility index (Phi) is 2.28. The summed E-state index contributed by atoms with van der Waals surface area (Å²) < 4.78 is 5.93. The van der Waals surface area contributed by atoms with Gasteiger partial charge in [0.05, 0.1) is 6.20 Å². The maximum absolute atomic E-state index is 10.8. The highest BCUT2D eigenvalue weighted by molar-refractivity contribution is 5.70. The summed E-state index contributed by atoms with van der Waals surface area (Å²) in [5.74, 6) is -1.29. The summed E-state index contributed by atoms with van der Waals surface area (Å²) in [5.41, 5.74) is 0.352. The number of carbonyl (C=O) groups excluding carboxylic acids is 1. The van der Waals surface area contributed by atoms with E-state index in [1.807, 2.05) is 0 Å². The minimum atomic E-state index is -0.647. The van der Waals surface area contributed by atoms with Gasteiger partial charge in [-0.25, -0.2) is 0 Å². The van der Waals surface area contributed by atoms with Gasteiger partial charge in [0.15, 0.2) is 0 Å². The highest BCUT2D eigenvalue weighted by Gasteiger charge is 2.24. The molecule has 2 heterocycles. The van der Waals surface area contributed by atoms with Gasteiger partial charge in [0, 0.05) is 13.0 Å². The van der Waals surface area contributed by atoms with Crippen LogP contribution in [0.15, 0.2) is 24.4 Å². The summed E-state index contributed by atoms with van der Waals surface area (Å²) >= 11 is 0. The maximum Gasteiger partial charge on any atom is 0.392 e. The van der Waals surface area contributed by atoms with Crippen LogP contribution in [0.2, 0.25) is 0 Å². The highest BCUT2D eigenvalue weighted by Crippen LogP contribution is 2.27. The number of carbonyl (C=O) groups is 1. The van der Waals surface area contributed by atoms with E-state index < -0.39 is 10.9 Å². The Balaban J connectivity index is 2.68. The van der Waals surface area contributed by atoms with Gasteiger partial charge in [0.2, 0.25) is 5.65 Å². The smallest absolute Gasteiger partial charge is 0.392 e. The van der Waals surface area contributed by atoms with E-state index in [-0.39, 0.29) is 11.7 Å². The van der Waals surface area contributed by atoms with E-state index in [0.29, 0.717) is 5.65 Å². The molecule has 7 heteroatoms. The molecular weight excluding hydrogens is 214 g/mol. The fourth-order valence-corrected chi connectivity index (χ4v) is 1.33. The molecule has 0 amide bonds. The van der Waals surface area contributed by atoms with E-state index >= 15 is 0 Å². The Morgan fingerprint density at radius 2 is 2.31 bits per heavy atom. The van der Waals surface area contributed by atoms with Crippen LogP contribution >= 0.6 is 0 Å². The predicted octanol–water partition coefficient (Wildman–Crippen LogP) is 1.17. The van der Waals surface area contributed by atoms with Crippen molar-refractivity contribution < 1.29 is 14.5 Å². The molecule has 2 aromatic rings. The third-order valence-electron chi connectivity index (χ3n) is 1.89. The summed E-state index contributed by atoms with van der Waals surface area (Å²) in [5, 5.41) is 10.8. The Hall–Kier alpha value is -2.44. The largest absolute Gasteiger partial charge is 0.400 e. The van der Waals surface area contributed by atoms with Crippen LogP contribution in [0.3, 0.4) is 0 Å². The van der Waals surface area contributed by atoms with E-state index in [0.717, 1.165) is 6.92 Å². The van der Waals surface area contributed by atoms with Crippen LogP contribution < -0.4 is 4.74 Å². The normalized spacial score (nSPS) is 10.3. The standard InChI is InChI=1S/C9H7N3O4/c1-6(13)16-8-9(12(14)15)11-5-3-2-4-7(11)10-8/h2-5H,1H3. The SMILES string of the molecule is CC(=O)Oc1nc2ccccn2c1[N+](=O)[O-]. The second-order valence-corrected chi connectivity index (χ2v) is 3.02. The molecule has 0 radical (unpaired) electrons. The lowest BCUT2D eigenvalue weighted by atomic mass is 10.5. The van der Waals surface area contributed by atoms with Crippen LogP contribution in [0.1, 0.15) is 6.92 Å². The van der Waals surface area contributed by atoms with Crippen LogP contribution in [0, 0.1) is 10.1 Å². The Labute approximate surface area is 89.4 Å². The molecule has 7 nitrogen and oxygen atoms in total. The van der Waals surface area contributed by atoms with Crippen LogP contribution in [-0.2, 0) is 4.79 Å². The number of nitro groups is 1. The zero-order valence-corrected chi connectivity index (χ0v) is 8.28. The zero-order valence-electron chi connectivity index (χ0n) is 8.28. The lowest BCUT2D eigenvalue weighted by Gasteiger charge is -1.96. The topological polar surface area (TPSA) is 86.7 Å². The third kappa shape index (κ3) is 1.58. The quantitative estimate of drug-likeness (QED) is 0.431. The number of esters is 1. The number of nitrogens with zero attached hydrogens (tertiary/aromatic N) is 3. The number of hydrogen-bond acceptors (Lipinski definition) is 5. The van der Waals surface area contributed by atoms with Crippen molar-refractivity contribution in [2.45, 2.75) is 6.92 Å². The van der Waals surface area contributed by atoms with Gasteiger partial charge in [-0.05, 0) is 11.0 Å². The number of aromatic nitrogens is 2. The van der Waals surface area contributed by atoms with Gasteiger partial charge in [-0.2, -0.15) is 9.38 Å². The Morgan fingerprint density at radius 3 is 2.94 bits per heavy atom. The maximum atomic E-state index is 10.8. The average Bonchev–Trinajstić information content (AvgIpc) is 2.53. The van der Waals surface area contributed by atoms with Gasteiger partial charge in [-0.1, -0.05) is 6.07 Å². The molecule has 0 aliphatic carbocycles. The predicted molar refractivity (Wildman–Crippen MR) is 53.2 cm³/mol. The van der Waals surface area contributed by atoms with Gasteiger partial charge >= 0.3 is 17.7 Å². The molecule has 0 aliphatic rings. The number of ether oxygens (including phenoxy) is 1. The summed E-state index contributed by atoms with van der Waals surface area (Å²) in [6.07, 6.45) is 1.48. The van der Waals surface area contributed by atoms with Gasteiger partial charge < -0.3 is 14.9 Å². The average molecular weight is 221 g/mol. The van der Waals surface area contributed by atoms with Crippen molar-refractivity contribution in [3.8, 4) is 5.88 Å². The van der Waals surface area contributed by atoms with Crippen LogP contribution in [-0.4, -0.2) is 20.3 Å². The molecule has 0 saturated heterocycles. The second kappa shape index (κ2) is 3.61. The van der Waals surface area contributed by atoms with Crippen molar-refractivity contribution in [3.63, 3.8) is 0 Å². The highest BCUT2D eigenvalue weighted by atomic mass is 16.6. The van der Waals surface area contributed by atoms with Crippen molar-refractivity contribution in [2.24, 2.45) is 0 Å². The van der Waals surface area contributed by atoms with Gasteiger partial charge in [-0.3, -0.25) is 4.79 Å². The van der Waals surface area contributed by atoms with Crippen LogP contribution in [0.5, 0.6) is 5.88 Å². The summed E-state index contributed by atoms with van der Waals surface area (Å²) in [4.78, 5) is 24.8. The molecular formula is C9H7N3O4. The third-order valence-corrected chi connectivity index (χ3v) is 1.89. The monoisotopic (exact) mass is 221 g/mol. The van der Waals surface area contributed by atoms with E-state index in [1.165, 1.54) is 10.6 Å². The molecule has 2 aromatic heterocycles. The molecule has 2 rings (SSSR count). The first-order valence-electron chi connectivity index (χ1n) is 4.39. The molecule has 0 spiro atoms. The number of hydrogen-bond donors (Lipinski definition) is 0. The summed E-state index contributed by atoms with van der Waals surface area (Å²) in [6, 6.07) is 4.89. The minimum Gasteiger partial charge on any atom is -0.400 e. The molecule has 0 aliphatic heterocycles. The second-order valence-electron chi connectivity index (χ2n) is 3.02. The zero-order chi connectivity index (χ0) is 11.7. The first-order chi connectivity index (χ1) is 7.59. The molecule has 0 atom stereocenters. The van der Waals surface area contributed by atoms with Crippen molar-refractivity contribution in [3.05, 3.63) is 34.5 Å². The lowest BCUT2D eigenvalue weighted by molar-refractivity contribution is -0.391. The molecule has 0 fully saturated rings. The van der Waals surface area contributed by atoms with Crippen molar-refractivity contribution in [1.29, 1.82) is 0 Å². The van der Waals surface area contributed by atoms with Gasteiger partial charge in [0.25, 0.3) is 0 Å². The van der Waals surface area contributed by atoms with Gasteiger partial charge in [0.1, 0.15) is 0 Å². The van der Waals surface area contributed by atoms with Crippen LogP contribution in [0.4, 0.5) is 5.82 Å². The Bertz CT molecular complexity index is 575. The minimum absolute atomic E-state index is 0.288. The fourth-order valence-electron chi connectivity index (χ4n) is 1.33.